The number of nitrogens with one attached hydrogen (secondary N) is 1. The Balaban J connectivity index is 3.08. The van der Waals surface area contributed by atoms with Crippen LogP contribution in [0.15, 0.2) is 4.90 Å². The zero-order valence-electron chi connectivity index (χ0n) is 10.2. The van der Waals surface area contributed by atoms with Crippen molar-refractivity contribution in [3.63, 3.8) is 0 Å². The van der Waals surface area contributed by atoms with Crippen molar-refractivity contribution in [2.45, 2.75) is 31.7 Å². The normalized spacial score (nSPS) is 12.3. The molecule has 0 amide bonds. The second-order valence-corrected chi connectivity index (χ2v) is 5.46. The van der Waals surface area contributed by atoms with Crippen LogP contribution in [0, 0.1) is 13.8 Å². The van der Waals surface area contributed by atoms with Gasteiger partial charge in [-0.2, -0.15) is 5.10 Å². The molecule has 1 aromatic rings. The van der Waals surface area contributed by atoms with Gasteiger partial charge in [-0.1, -0.05) is 0 Å². The predicted octanol–water partition coefficient (Wildman–Crippen LogP) is 0.00204. The van der Waals surface area contributed by atoms with Gasteiger partial charge in [-0.15, -0.1) is 0 Å². The highest BCUT2D eigenvalue weighted by Crippen LogP contribution is 2.19. The van der Waals surface area contributed by atoms with Crippen LogP contribution in [0.2, 0.25) is 0 Å². The number of aryl methyl sites for hydroxylation is 1. The van der Waals surface area contributed by atoms with Gasteiger partial charge in [0, 0.05) is 6.54 Å². The highest BCUT2D eigenvalue weighted by Gasteiger charge is 2.25. The van der Waals surface area contributed by atoms with Gasteiger partial charge in [0.2, 0.25) is 10.0 Å². The van der Waals surface area contributed by atoms with E-state index in [1.54, 1.807) is 6.92 Å². The zero-order valence-corrected chi connectivity index (χ0v) is 11.0. The molecular formula is C9H16F2N4O2S. The van der Waals surface area contributed by atoms with Crippen LogP contribution in [0.25, 0.3) is 0 Å². The number of halogens is 2. The molecule has 18 heavy (non-hydrogen) atoms. The maximum Gasteiger partial charge on any atom is 0.251 e. The summed E-state index contributed by atoms with van der Waals surface area (Å²) in [5, 5.41) is 4.02. The van der Waals surface area contributed by atoms with Gasteiger partial charge in [0.1, 0.15) is 4.90 Å². The second kappa shape index (κ2) is 5.72. The Hall–Kier alpha value is -1.06. The molecule has 0 saturated carbocycles. The van der Waals surface area contributed by atoms with Gasteiger partial charge >= 0.3 is 0 Å². The molecule has 1 heterocycles. The minimum Gasteiger partial charge on any atom is -0.329 e. The minimum absolute atomic E-state index is 0.0587. The quantitative estimate of drug-likeness (QED) is 0.768. The Morgan fingerprint density at radius 2 is 2.06 bits per heavy atom. The molecule has 0 aliphatic carbocycles. The molecule has 0 unspecified atom stereocenters. The molecule has 0 aliphatic heterocycles. The average molecular weight is 282 g/mol. The smallest absolute Gasteiger partial charge is 0.251 e. The van der Waals surface area contributed by atoms with E-state index >= 15 is 0 Å². The molecule has 6 nitrogen and oxygen atoms in total. The number of rotatable bonds is 6. The molecule has 0 spiro atoms. The Kier molecular flexibility index (Phi) is 4.77. The third-order valence-corrected chi connectivity index (χ3v) is 4.03. The Morgan fingerprint density at radius 3 is 2.56 bits per heavy atom. The third-order valence-electron chi connectivity index (χ3n) is 2.35. The van der Waals surface area contributed by atoms with E-state index in [1.165, 1.54) is 11.6 Å². The molecule has 1 aromatic heterocycles. The summed E-state index contributed by atoms with van der Waals surface area (Å²) in [4.78, 5) is -0.0587. The molecule has 0 saturated heterocycles. The van der Waals surface area contributed by atoms with E-state index in [2.05, 4.69) is 5.10 Å². The monoisotopic (exact) mass is 282 g/mol. The van der Waals surface area contributed by atoms with Crippen LogP contribution < -0.4 is 10.5 Å². The summed E-state index contributed by atoms with van der Waals surface area (Å²) in [6.07, 6.45) is -2.74. The van der Waals surface area contributed by atoms with Crippen molar-refractivity contribution in [1.82, 2.24) is 14.5 Å². The highest BCUT2D eigenvalue weighted by molar-refractivity contribution is 7.89. The van der Waals surface area contributed by atoms with Gasteiger partial charge in [-0.3, -0.25) is 4.68 Å². The summed E-state index contributed by atoms with van der Waals surface area (Å²) in [5.74, 6) is 0. The van der Waals surface area contributed by atoms with Crippen LogP contribution in [-0.2, 0) is 16.6 Å². The van der Waals surface area contributed by atoms with Crippen molar-refractivity contribution in [1.29, 1.82) is 0 Å². The van der Waals surface area contributed by atoms with E-state index in [0.717, 1.165) is 0 Å². The number of hydrogen-bond donors (Lipinski definition) is 2. The number of nitrogens with two attached hydrogens (primary N) is 1. The second-order valence-electron chi connectivity index (χ2n) is 3.75. The van der Waals surface area contributed by atoms with Crippen molar-refractivity contribution in [2.24, 2.45) is 5.73 Å². The number of alkyl halides is 2. The largest absolute Gasteiger partial charge is 0.329 e. The van der Waals surface area contributed by atoms with Crippen LogP contribution in [0.4, 0.5) is 8.78 Å². The van der Waals surface area contributed by atoms with Crippen LogP contribution in [0.1, 0.15) is 11.4 Å². The van der Waals surface area contributed by atoms with Crippen LogP contribution in [0.5, 0.6) is 0 Å². The number of nitrogens with zero attached hydrogens (tertiary/aromatic N) is 2. The molecule has 104 valence electrons. The zero-order chi connectivity index (χ0) is 13.9. The van der Waals surface area contributed by atoms with Crippen LogP contribution in [-0.4, -0.2) is 37.7 Å². The average Bonchev–Trinajstić information content (AvgIpc) is 2.52. The lowest BCUT2D eigenvalue weighted by atomic mass is 10.4. The van der Waals surface area contributed by atoms with Crippen LogP contribution >= 0.6 is 0 Å². The molecular weight excluding hydrogens is 266 g/mol. The van der Waals surface area contributed by atoms with Crippen LogP contribution in [0.3, 0.4) is 0 Å². The first kappa shape index (κ1) is 15.0. The first-order valence-electron chi connectivity index (χ1n) is 5.31. The fourth-order valence-electron chi connectivity index (χ4n) is 1.65. The van der Waals surface area contributed by atoms with E-state index in [0.29, 0.717) is 18.8 Å². The first-order chi connectivity index (χ1) is 8.29. The van der Waals surface area contributed by atoms with Crippen molar-refractivity contribution in [2.75, 3.05) is 13.1 Å². The van der Waals surface area contributed by atoms with Gasteiger partial charge in [0.15, 0.2) is 0 Å². The lowest BCUT2D eigenvalue weighted by Crippen LogP contribution is -2.29. The first-order valence-corrected chi connectivity index (χ1v) is 6.79. The Bertz CT molecular complexity index is 513. The van der Waals surface area contributed by atoms with E-state index in [4.69, 9.17) is 5.73 Å². The lowest BCUT2D eigenvalue weighted by molar-refractivity contribution is 0.153. The van der Waals surface area contributed by atoms with Crippen molar-refractivity contribution in [3.8, 4) is 0 Å². The number of aromatic nitrogens is 2. The van der Waals surface area contributed by atoms with Crippen molar-refractivity contribution in [3.05, 3.63) is 11.4 Å². The highest BCUT2D eigenvalue weighted by atomic mass is 32.2. The number of sulfonamides is 1. The summed E-state index contributed by atoms with van der Waals surface area (Å²) < 4.78 is 51.1. The third kappa shape index (κ3) is 3.24. The molecule has 3 N–H and O–H groups in total. The Labute approximate surface area is 104 Å². The molecule has 0 bridgehead atoms. The standard InChI is InChI=1S/C9H16F2N4O2S/c1-6-9(7(2)15(14-6)4-3-12)18(16,17)13-5-8(10)11/h8,13H,3-5,12H2,1-2H3. The van der Waals surface area contributed by atoms with Gasteiger partial charge in [-0.05, 0) is 13.8 Å². The van der Waals surface area contributed by atoms with Crippen molar-refractivity contribution >= 4 is 10.0 Å². The summed E-state index contributed by atoms with van der Waals surface area (Å²) in [6, 6.07) is 0. The van der Waals surface area contributed by atoms with Gasteiger partial charge < -0.3 is 5.73 Å². The SMILES string of the molecule is Cc1nn(CCN)c(C)c1S(=O)(=O)NCC(F)F. The molecule has 0 fully saturated rings. The fraction of sp³-hybridized carbons (Fsp3) is 0.667. The fourth-order valence-corrected chi connectivity index (χ4v) is 3.07. The summed E-state index contributed by atoms with van der Waals surface area (Å²) in [6.45, 7) is 2.84. The van der Waals surface area contributed by atoms with E-state index in [9.17, 15) is 17.2 Å². The predicted molar refractivity (Wildman–Crippen MR) is 61.9 cm³/mol. The van der Waals surface area contributed by atoms with E-state index in [1.807, 2.05) is 4.72 Å². The molecule has 0 atom stereocenters. The van der Waals surface area contributed by atoms with Gasteiger partial charge in [0.05, 0.1) is 24.5 Å². The molecule has 0 aliphatic rings. The van der Waals surface area contributed by atoms with E-state index < -0.39 is 23.0 Å². The molecule has 9 heteroatoms. The summed E-state index contributed by atoms with van der Waals surface area (Å²) in [5.41, 5.74) is 6.03. The Morgan fingerprint density at radius 1 is 1.44 bits per heavy atom. The van der Waals surface area contributed by atoms with Crippen molar-refractivity contribution < 1.29 is 17.2 Å². The summed E-state index contributed by atoms with van der Waals surface area (Å²) in [7, 11) is -3.97. The molecule has 0 radical (unpaired) electrons. The van der Waals surface area contributed by atoms with Gasteiger partial charge in [-0.25, -0.2) is 21.9 Å². The lowest BCUT2D eigenvalue weighted by Gasteiger charge is -2.07. The molecule has 1 rings (SSSR count). The summed E-state index contributed by atoms with van der Waals surface area (Å²) >= 11 is 0. The topological polar surface area (TPSA) is 90.0 Å². The number of hydrogen-bond acceptors (Lipinski definition) is 4. The van der Waals surface area contributed by atoms with E-state index in [-0.39, 0.29) is 10.6 Å². The maximum absolute atomic E-state index is 12.0. The van der Waals surface area contributed by atoms with Gasteiger partial charge in [0.25, 0.3) is 6.43 Å². The molecule has 0 aromatic carbocycles. The maximum atomic E-state index is 12.0. The minimum atomic E-state index is -3.97.